The highest BCUT2D eigenvalue weighted by molar-refractivity contribution is 9.10. The molecular formula is C13H14BrNO3. The molecule has 0 saturated heterocycles. The Labute approximate surface area is 114 Å². The van der Waals surface area contributed by atoms with Gasteiger partial charge in [-0.1, -0.05) is 22.9 Å². The van der Waals surface area contributed by atoms with E-state index in [1.165, 1.54) is 6.07 Å². The van der Waals surface area contributed by atoms with Gasteiger partial charge in [0.15, 0.2) is 0 Å². The van der Waals surface area contributed by atoms with Gasteiger partial charge in [-0.2, -0.15) is 0 Å². The van der Waals surface area contributed by atoms with Gasteiger partial charge in [-0.05, 0) is 37.0 Å². The van der Waals surface area contributed by atoms with Crippen LogP contribution in [0.5, 0.6) is 0 Å². The quantitative estimate of drug-likeness (QED) is 0.901. The van der Waals surface area contributed by atoms with E-state index >= 15 is 0 Å². The van der Waals surface area contributed by atoms with Gasteiger partial charge in [-0.25, -0.2) is 4.79 Å². The first-order valence-electron chi connectivity index (χ1n) is 5.74. The standard InChI is InChI=1S/C13H14BrNO3/c1-6-3-9(6)12(16)15-11-5-8(14)4-10(7(11)2)13(17)18/h4-6,9H,3H2,1-2H3,(H,15,16)(H,17,18). The third kappa shape index (κ3) is 2.56. The van der Waals surface area contributed by atoms with Gasteiger partial charge in [0.1, 0.15) is 0 Å². The van der Waals surface area contributed by atoms with Crippen LogP contribution < -0.4 is 5.32 Å². The van der Waals surface area contributed by atoms with Gasteiger partial charge in [0.25, 0.3) is 0 Å². The number of benzene rings is 1. The van der Waals surface area contributed by atoms with Crippen LogP contribution in [0.3, 0.4) is 0 Å². The number of rotatable bonds is 3. The first-order valence-corrected chi connectivity index (χ1v) is 6.53. The lowest BCUT2D eigenvalue weighted by Crippen LogP contribution is -2.16. The minimum atomic E-state index is -0.996. The average molecular weight is 312 g/mol. The predicted molar refractivity (Wildman–Crippen MR) is 71.7 cm³/mol. The number of nitrogens with one attached hydrogen (secondary N) is 1. The van der Waals surface area contributed by atoms with Crippen molar-refractivity contribution in [3.63, 3.8) is 0 Å². The first kappa shape index (κ1) is 13.1. The molecule has 1 fully saturated rings. The largest absolute Gasteiger partial charge is 0.478 e. The zero-order chi connectivity index (χ0) is 13.4. The molecule has 1 aromatic rings. The van der Waals surface area contributed by atoms with Gasteiger partial charge < -0.3 is 10.4 Å². The lowest BCUT2D eigenvalue weighted by atomic mass is 10.1. The fourth-order valence-electron chi connectivity index (χ4n) is 1.94. The maximum atomic E-state index is 11.9. The van der Waals surface area contributed by atoms with Gasteiger partial charge in [-0.3, -0.25) is 4.79 Å². The van der Waals surface area contributed by atoms with E-state index in [-0.39, 0.29) is 17.4 Å². The van der Waals surface area contributed by atoms with E-state index in [9.17, 15) is 9.59 Å². The first-order chi connectivity index (χ1) is 8.40. The van der Waals surface area contributed by atoms with E-state index < -0.39 is 5.97 Å². The topological polar surface area (TPSA) is 66.4 Å². The smallest absolute Gasteiger partial charge is 0.336 e. The summed E-state index contributed by atoms with van der Waals surface area (Å²) in [7, 11) is 0. The Hall–Kier alpha value is -1.36. The Morgan fingerprint density at radius 1 is 1.44 bits per heavy atom. The molecule has 1 amide bonds. The lowest BCUT2D eigenvalue weighted by Gasteiger charge is -2.11. The molecule has 0 aliphatic heterocycles. The molecular weight excluding hydrogens is 298 g/mol. The van der Waals surface area contributed by atoms with Gasteiger partial charge >= 0.3 is 5.97 Å². The average Bonchev–Trinajstić information content (AvgIpc) is 3.00. The minimum absolute atomic E-state index is 0.0277. The van der Waals surface area contributed by atoms with Crippen LogP contribution in [0.2, 0.25) is 0 Å². The van der Waals surface area contributed by atoms with Crippen LogP contribution in [0.25, 0.3) is 0 Å². The van der Waals surface area contributed by atoms with E-state index in [4.69, 9.17) is 5.11 Å². The third-order valence-corrected chi connectivity index (χ3v) is 3.76. The molecule has 18 heavy (non-hydrogen) atoms. The molecule has 4 nitrogen and oxygen atoms in total. The highest BCUT2D eigenvalue weighted by atomic mass is 79.9. The van der Waals surface area contributed by atoms with E-state index in [2.05, 4.69) is 21.2 Å². The monoisotopic (exact) mass is 311 g/mol. The van der Waals surface area contributed by atoms with Crippen LogP contribution in [-0.4, -0.2) is 17.0 Å². The molecule has 0 bridgehead atoms. The molecule has 0 radical (unpaired) electrons. The van der Waals surface area contributed by atoms with E-state index in [1.54, 1.807) is 13.0 Å². The van der Waals surface area contributed by atoms with Crippen molar-refractivity contribution in [1.29, 1.82) is 0 Å². The van der Waals surface area contributed by atoms with Crippen molar-refractivity contribution in [3.8, 4) is 0 Å². The van der Waals surface area contributed by atoms with Crippen molar-refractivity contribution in [2.75, 3.05) is 5.32 Å². The molecule has 2 atom stereocenters. The summed E-state index contributed by atoms with van der Waals surface area (Å²) >= 11 is 3.26. The van der Waals surface area contributed by atoms with Crippen molar-refractivity contribution in [3.05, 3.63) is 27.7 Å². The minimum Gasteiger partial charge on any atom is -0.478 e. The van der Waals surface area contributed by atoms with Crippen molar-refractivity contribution in [2.24, 2.45) is 11.8 Å². The molecule has 1 aromatic carbocycles. The number of halogens is 1. The van der Waals surface area contributed by atoms with Crippen molar-refractivity contribution in [1.82, 2.24) is 0 Å². The summed E-state index contributed by atoms with van der Waals surface area (Å²) < 4.78 is 0.643. The fourth-order valence-corrected chi connectivity index (χ4v) is 2.40. The third-order valence-electron chi connectivity index (χ3n) is 3.31. The Balaban J connectivity index is 2.27. The zero-order valence-electron chi connectivity index (χ0n) is 10.2. The summed E-state index contributed by atoms with van der Waals surface area (Å²) in [6.45, 7) is 3.72. The van der Waals surface area contributed by atoms with Crippen molar-refractivity contribution >= 4 is 33.5 Å². The summed E-state index contributed by atoms with van der Waals surface area (Å²) in [6, 6.07) is 3.26. The number of carboxylic acids is 1. The number of hydrogen-bond acceptors (Lipinski definition) is 2. The second-order valence-corrected chi connectivity index (χ2v) is 5.66. The Morgan fingerprint density at radius 2 is 2.06 bits per heavy atom. The van der Waals surface area contributed by atoms with Crippen LogP contribution >= 0.6 is 15.9 Å². The molecule has 96 valence electrons. The van der Waals surface area contributed by atoms with Crippen LogP contribution in [-0.2, 0) is 4.79 Å². The molecule has 0 heterocycles. The molecule has 1 saturated carbocycles. The Bertz CT molecular complexity index is 527. The van der Waals surface area contributed by atoms with Crippen LogP contribution in [0.15, 0.2) is 16.6 Å². The molecule has 1 aliphatic rings. The number of aromatic carboxylic acids is 1. The summed E-state index contributed by atoms with van der Waals surface area (Å²) in [5.41, 5.74) is 1.33. The summed E-state index contributed by atoms with van der Waals surface area (Å²) in [4.78, 5) is 22.9. The number of hydrogen-bond donors (Lipinski definition) is 2. The fraction of sp³-hybridized carbons (Fsp3) is 0.385. The highest BCUT2D eigenvalue weighted by Gasteiger charge is 2.39. The maximum absolute atomic E-state index is 11.9. The number of carbonyl (C=O) groups excluding carboxylic acids is 1. The second kappa shape index (κ2) is 4.72. The molecule has 2 rings (SSSR count). The van der Waals surface area contributed by atoms with Gasteiger partial charge in [0.2, 0.25) is 5.91 Å². The summed E-state index contributed by atoms with van der Waals surface area (Å²) in [5.74, 6) is -0.530. The number of amides is 1. The maximum Gasteiger partial charge on any atom is 0.336 e. The van der Waals surface area contributed by atoms with Crippen LogP contribution in [0, 0.1) is 18.8 Å². The van der Waals surface area contributed by atoms with Crippen LogP contribution in [0.4, 0.5) is 5.69 Å². The Kier molecular flexibility index (Phi) is 3.43. The second-order valence-electron chi connectivity index (χ2n) is 4.74. The lowest BCUT2D eigenvalue weighted by molar-refractivity contribution is -0.117. The molecule has 0 spiro atoms. The van der Waals surface area contributed by atoms with Gasteiger partial charge in [-0.15, -0.1) is 0 Å². The number of anilines is 1. The number of carbonyl (C=O) groups is 2. The van der Waals surface area contributed by atoms with Crippen molar-refractivity contribution in [2.45, 2.75) is 20.3 Å². The van der Waals surface area contributed by atoms with E-state index in [0.29, 0.717) is 21.6 Å². The molecule has 0 aromatic heterocycles. The normalized spacial score (nSPS) is 21.5. The number of carboxylic acid groups (broad SMARTS) is 1. The van der Waals surface area contributed by atoms with E-state index in [0.717, 1.165) is 6.42 Å². The highest BCUT2D eigenvalue weighted by Crippen LogP contribution is 2.39. The van der Waals surface area contributed by atoms with Gasteiger partial charge in [0.05, 0.1) is 5.56 Å². The zero-order valence-corrected chi connectivity index (χ0v) is 11.7. The van der Waals surface area contributed by atoms with Gasteiger partial charge in [0, 0.05) is 16.1 Å². The van der Waals surface area contributed by atoms with E-state index in [1.807, 2.05) is 6.92 Å². The molecule has 1 aliphatic carbocycles. The van der Waals surface area contributed by atoms with Crippen LogP contribution in [0.1, 0.15) is 29.3 Å². The SMILES string of the molecule is Cc1c(NC(=O)C2CC2C)cc(Br)cc1C(=O)O. The molecule has 5 heteroatoms. The molecule has 2 unspecified atom stereocenters. The summed E-state index contributed by atoms with van der Waals surface area (Å²) in [6.07, 6.45) is 0.907. The predicted octanol–water partition coefficient (Wildman–Crippen LogP) is 3.05. The van der Waals surface area contributed by atoms with Crippen molar-refractivity contribution < 1.29 is 14.7 Å². The molecule has 2 N–H and O–H groups in total. The summed E-state index contributed by atoms with van der Waals surface area (Å²) in [5, 5.41) is 11.9. The Morgan fingerprint density at radius 3 is 2.56 bits per heavy atom.